The number of aromatic nitrogens is 5. The summed E-state index contributed by atoms with van der Waals surface area (Å²) in [5.74, 6) is 0.786. The molecule has 2 rings (SSSR count). The molecule has 2 N–H and O–H groups in total. The van der Waals surface area contributed by atoms with Crippen LogP contribution in [-0.4, -0.2) is 30.7 Å². The van der Waals surface area contributed by atoms with Gasteiger partial charge < -0.3 is 5.32 Å². The summed E-state index contributed by atoms with van der Waals surface area (Å²) in [7, 11) is 0. The maximum absolute atomic E-state index is 4.30. The second-order valence-electron chi connectivity index (χ2n) is 5.28. The molecule has 0 aliphatic rings. The van der Waals surface area contributed by atoms with Crippen LogP contribution in [0, 0.1) is 6.92 Å². The first-order chi connectivity index (χ1) is 8.92. The molecule has 6 nitrogen and oxygen atoms in total. The number of hydrogen-bond donors (Lipinski definition) is 2. The molecule has 2 aromatic heterocycles. The highest BCUT2D eigenvalue weighted by Gasteiger charge is 2.09. The van der Waals surface area contributed by atoms with Crippen LogP contribution in [0.25, 0.3) is 0 Å². The van der Waals surface area contributed by atoms with Crippen LogP contribution in [0.4, 0.5) is 0 Å². The lowest BCUT2D eigenvalue weighted by Crippen LogP contribution is -2.35. The van der Waals surface area contributed by atoms with Crippen molar-refractivity contribution in [3.63, 3.8) is 0 Å². The van der Waals surface area contributed by atoms with Gasteiger partial charge in [0.2, 0.25) is 5.16 Å². The molecule has 0 radical (unpaired) electrons. The Morgan fingerprint density at radius 3 is 2.42 bits per heavy atom. The van der Waals surface area contributed by atoms with Crippen molar-refractivity contribution < 1.29 is 0 Å². The number of rotatable bonds is 4. The molecule has 0 aliphatic heterocycles. The highest BCUT2D eigenvalue weighted by Crippen LogP contribution is 2.19. The molecule has 0 saturated heterocycles. The van der Waals surface area contributed by atoms with E-state index < -0.39 is 0 Å². The normalized spacial score (nSPS) is 11.8. The largest absolute Gasteiger partial charge is 0.308 e. The maximum Gasteiger partial charge on any atom is 0.216 e. The summed E-state index contributed by atoms with van der Waals surface area (Å²) in [5, 5.41) is 11.5. The van der Waals surface area contributed by atoms with Crippen LogP contribution >= 0.6 is 11.8 Å². The quantitative estimate of drug-likeness (QED) is 0.832. The Morgan fingerprint density at radius 2 is 1.89 bits per heavy atom. The summed E-state index contributed by atoms with van der Waals surface area (Å²) in [6.07, 6.45) is 3.65. The van der Waals surface area contributed by atoms with E-state index >= 15 is 0 Å². The Kier molecular flexibility index (Phi) is 4.16. The van der Waals surface area contributed by atoms with Crippen LogP contribution in [0.15, 0.2) is 22.7 Å². The van der Waals surface area contributed by atoms with E-state index in [1.807, 2.05) is 19.3 Å². The maximum atomic E-state index is 4.30. The van der Waals surface area contributed by atoms with Crippen molar-refractivity contribution in [2.75, 3.05) is 0 Å². The minimum Gasteiger partial charge on any atom is -0.308 e. The average molecular weight is 278 g/mol. The van der Waals surface area contributed by atoms with E-state index in [-0.39, 0.29) is 5.54 Å². The zero-order valence-corrected chi connectivity index (χ0v) is 12.4. The van der Waals surface area contributed by atoms with E-state index in [0.29, 0.717) is 10.3 Å². The molecule has 0 spiro atoms. The van der Waals surface area contributed by atoms with Gasteiger partial charge in [-0.1, -0.05) is 0 Å². The van der Waals surface area contributed by atoms with Crippen molar-refractivity contribution in [2.45, 2.75) is 50.1 Å². The molecular weight excluding hydrogens is 260 g/mol. The topological polar surface area (TPSA) is 79.4 Å². The third kappa shape index (κ3) is 4.60. The zero-order valence-electron chi connectivity index (χ0n) is 11.6. The molecule has 0 unspecified atom stereocenters. The predicted octanol–water partition coefficient (Wildman–Crippen LogP) is 1.94. The first-order valence-electron chi connectivity index (χ1n) is 6.05. The summed E-state index contributed by atoms with van der Waals surface area (Å²) < 4.78 is 0. The summed E-state index contributed by atoms with van der Waals surface area (Å²) in [6, 6.07) is 0. The molecule has 0 bridgehead atoms. The number of hydrogen-bond acceptors (Lipinski definition) is 6. The second kappa shape index (κ2) is 5.66. The molecule has 0 fully saturated rings. The lowest BCUT2D eigenvalue weighted by atomic mass is 10.1. The van der Waals surface area contributed by atoms with E-state index in [9.17, 15) is 0 Å². The fraction of sp³-hybridized carbons (Fsp3) is 0.500. The third-order valence-electron chi connectivity index (χ3n) is 2.26. The lowest BCUT2D eigenvalue weighted by Gasteiger charge is -2.20. The Bertz CT molecular complexity index is 528. The van der Waals surface area contributed by atoms with Gasteiger partial charge >= 0.3 is 0 Å². The van der Waals surface area contributed by atoms with Gasteiger partial charge in [0.1, 0.15) is 5.82 Å². The van der Waals surface area contributed by atoms with Crippen LogP contribution in [0.5, 0.6) is 0 Å². The van der Waals surface area contributed by atoms with Gasteiger partial charge in [-0.25, -0.2) is 15.0 Å². The molecular formula is C12H18N6S. The Morgan fingerprint density at radius 1 is 1.21 bits per heavy atom. The molecule has 2 heterocycles. The first kappa shape index (κ1) is 14.0. The molecule has 7 heteroatoms. The zero-order chi connectivity index (χ0) is 13.9. The minimum atomic E-state index is 0.0872. The first-order valence-corrected chi connectivity index (χ1v) is 6.87. The average Bonchev–Trinajstić information content (AvgIpc) is 2.73. The van der Waals surface area contributed by atoms with Gasteiger partial charge in [0, 0.05) is 30.0 Å². The van der Waals surface area contributed by atoms with E-state index in [4.69, 9.17) is 0 Å². The van der Waals surface area contributed by atoms with Crippen LogP contribution < -0.4 is 5.32 Å². The second-order valence-corrected chi connectivity index (χ2v) is 6.22. The minimum absolute atomic E-state index is 0.0872. The smallest absolute Gasteiger partial charge is 0.216 e. The van der Waals surface area contributed by atoms with Crippen molar-refractivity contribution in [1.29, 1.82) is 0 Å². The van der Waals surface area contributed by atoms with Crippen LogP contribution in [-0.2, 0) is 6.54 Å². The van der Waals surface area contributed by atoms with Crippen LogP contribution in [0.3, 0.4) is 0 Å². The van der Waals surface area contributed by atoms with Crippen molar-refractivity contribution in [1.82, 2.24) is 30.5 Å². The van der Waals surface area contributed by atoms with Gasteiger partial charge in [-0.15, -0.1) is 5.10 Å². The van der Waals surface area contributed by atoms with Gasteiger partial charge in [0.15, 0.2) is 5.16 Å². The van der Waals surface area contributed by atoms with Gasteiger partial charge in [-0.3, -0.25) is 5.10 Å². The van der Waals surface area contributed by atoms with Crippen molar-refractivity contribution >= 4 is 11.8 Å². The van der Waals surface area contributed by atoms with Crippen molar-refractivity contribution in [3.05, 3.63) is 23.8 Å². The van der Waals surface area contributed by atoms with Crippen molar-refractivity contribution in [2.24, 2.45) is 0 Å². The molecule has 19 heavy (non-hydrogen) atoms. The fourth-order valence-electron chi connectivity index (χ4n) is 1.30. The van der Waals surface area contributed by atoms with E-state index in [1.54, 1.807) is 0 Å². The SMILES string of the molecule is Cc1nc(Sc2ncc(CNC(C)(C)C)cn2)n[nH]1. The Labute approximate surface area is 116 Å². The highest BCUT2D eigenvalue weighted by atomic mass is 32.2. The van der Waals surface area contributed by atoms with Gasteiger partial charge in [0.25, 0.3) is 0 Å². The monoisotopic (exact) mass is 278 g/mol. The third-order valence-corrected chi connectivity index (χ3v) is 3.02. The van der Waals surface area contributed by atoms with Crippen molar-refractivity contribution in [3.8, 4) is 0 Å². The van der Waals surface area contributed by atoms with E-state index in [1.165, 1.54) is 11.8 Å². The number of nitrogens with one attached hydrogen (secondary N) is 2. The van der Waals surface area contributed by atoms with E-state index in [0.717, 1.165) is 17.9 Å². The summed E-state index contributed by atoms with van der Waals surface area (Å²) in [4.78, 5) is 12.8. The summed E-state index contributed by atoms with van der Waals surface area (Å²) in [6.45, 7) is 9.00. The Hall–Kier alpha value is -1.47. The van der Waals surface area contributed by atoms with E-state index in [2.05, 4.69) is 51.2 Å². The predicted molar refractivity (Wildman–Crippen MR) is 73.9 cm³/mol. The molecule has 0 saturated carbocycles. The molecule has 0 aromatic carbocycles. The number of aromatic amines is 1. The fourth-order valence-corrected chi connectivity index (χ4v) is 1.95. The van der Waals surface area contributed by atoms with Gasteiger partial charge in [-0.2, -0.15) is 0 Å². The van der Waals surface area contributed by atoms with Crippen LogP contribution in [0.2, 0.25) is 0 Å². The number of H-pyrrole nitrogens is 1. The molecule has 0 amide bonds. The molecule has 0 aliphatic carbocycles. The number of nitrogens with zero attached hydrogens (tertiary/aromatic N) is 4. The highest BCUT2D eigenvalue weighted by molar-refractivity contribution is 7.99. The van der Waals surface area contributed by atoms with Crippen LogP contribution in [0.1, 0.15) is 32.2 Å². The summed E-state index contributed by atoms with van der Waals surface area (Å²) >= 11 is 1.34. The molecule has 0 atom stereocenters. The Balaban J connectivity index is 1.95. The standard InChI is InChI=1S/C12H18N6S/c1-8-16-11(18-17-8)19-10-13-5-9(6-14-10)7-15-12(2,3)4/h5-6,15H,7H2,1-4H3,(H,16,17,18). The molecule has 102 valence electrons. The van der Waals surface area contributed by atoms with Gasteiger partial charge in [0.05, 0.1) is 0 Å². The lowest BCUT2D eigenvalue weighted by molar-refractivity contribution is 0.423. The molecule has 2 aromatic rings. The summed E-state index contributed by atoms with van der Waals surface area (Å²) in [5.41, 5.74) is 1.15. The van der Waals surface area contributed by atoms with Gasteiger partial charge in [-0.05, 0) is 39.5 Å². The number of aryl methyl sites for hydroxylation is 1.